The molecule has 0 saturated carbocycles. The Bertz CT molecular complexity index is 952. The van der Waals surface area contributed by atoms with Gasteiger partial charge in [0.2, 0.25) is 0 Å². The molecule has 1 fully saturated rings. The molecular weight excluding hydrogens is 392 g/mol. The molecule has 0 unspecified atom stereocenters. The first-order valence-electron chi connectivity index (χ1n) is 8.96. The van der Waals surface area contributed by atoms with Gasteiger partial charge in [0, 0.05) is 0 Å². The number of aliphatic carboxylic acids is 1. The quantitative estimate of drug-likeness (QED) is 0.671. The number of ether oxygens (including phenoxy) is 2. The van der Waals surface area contributed by atoms with Crippen LogP contribution in [-0.2, 0) is 9.59 Å². The van der Waals surface area contributed by atoms with Crippen LogP contribution < -0.4 is 14.8 Å². The second kappa shape index (κ2) is 9.29. The summed E-state index contributed by atoms with van der Waals surface area (Å²) in [7, 11) is 0. The van der Waals surface area contributed by atoms with Crippen LogP contribution in [0.3, 0.4) is 0 Å². The minimum absolute atomic E-state index is 0.223. The number of amides is 1. The number of carbonyl (C=O) groups is 2. The molecule has 7 nitrogen and oxygen atoms in total. The second-order valence-electron chi connectivity index (χ2n) is 6.08. The van der Waals surface area contributed by atoms with E-state index in [9.17, 15) is 9.59 Å². The Morgan fingerprint density at radius 3 is 2.45 bits per heavy atom. The number of nitrogens with zero attached hydrogens (tertiary/aromatic N) is 1. The van der Waals surface area contributed by atoms with Gasteiger partial charge in [0.15, 0.2) is 11.3 Å². The maximum Gasteiger partial charge on any atom is 0.344 e. The van der Waals surface area contributed by atoms with Gasteiger partial charge in [-0.15, -0.1) is 0 Å². The minimum Gasteiger partial charge on any atom is -0.494 e. The topological polar surface area (TPSA) is 97.2 Å². The first-order chi connectivity index (χ1) is 13.9. The SMILES string of the molecule is CCOc1ccc(N=C2NC(=O)/C(=C/c3ccc(O[C@@H](C)C(=O)O)cc3)S2)cc1. The summed E-state index contributed by atoms with van der Waals surface area (Å²) < 4.78 is 10.7. The predicted molar refractivity (Wildman–Crippen MR) is 113 cm³/mol. The summed E-state index contributed by atoms with van der Waals surface area (Å²) in [6, 6.07) is 14.1. The molecule has 1 aliphatic rings. The van der Waals surface area contributed by atoms with E-state index in [0.717, 1.165) is 11.3 Å². The van der Waals surface area contributed by atoms with E-state index in [-0.39, 0.29) is 5.91 Å². The average molecular weight is 412 g/mol. The summed E-state index contributed by atoms with van der Waals surface area (Å²) in [4.78, 5) is 28.0. The number of benzene rings is 2. The Morgan fingerprint density at radius 2 is 1.83 bits per heavy atom. The van der Waals surface area contributed by atoms with Crippen molar-refractivity contribution in [2.45, 2.75) is 20.0 Å². The molecule has 3 rings (SSSR count). The van der Waals surface area contributed by atoms with Gasteiger partial charge in [-0.25, -0.2) is 9.79 Å². The monoisotopic (exact) mass is 412 g/mol. The van der Waals surface area contributed by atoms with Crippen LogP contribution in [0.2, 0.25) is 0 Å². The molecule has 150 valence electrons. The number of hydrogen-bond donors (Lipinski definition) is 2. The van der Waals surface area contributed by atoms with Crippen LogP contribution >= 0.6 is 11.8 Å². The fourth-order valence-electron chi connectivity index (χ4n) is 2.43. The first-order valence-corrected chi connectivity index (χ1v) is 9.78. The largest absolute Gasteiger partial charge is 0.494 e. The molecule has 1 aliphatic heterocycles. The fraction of sp³-hybridized carbons (Fsp3) is 0.190. The Morgan fingerprint density at radius 1 is 1.17 bits per heavy atom. The maximum absolute atomic E-state index is 12.2. The summed E-state index contributed by atoms with van der Waals surface area (Å²) in [6.07, 6.45) is 0.808. The minimum atomic E-state index is -1.03. The molecule has 29 heavy (non-hydrogen) atoms. The highest BCUT2D eigenvalue weighted by molar-refractivity contribution is 8.18. The highest BCUT2D eigenvalue weighted by Crippen LogP contribution is 2.29. The number of aliphatic imine (C=N–C) groups is 1. The Balaban J connectivity index is 1.68. The van der Waals surface area contributed by atoms with Gasteiger partial charge >= 0.3 is 5.97 Å². The van der Waals surface area contributed by atoms with Crippen molar-refractivity contribution in [3.63, 3.8) is 0 Å². The third-order valence-corrected chi connectivity index (χ3v) is 4.78. The Labute approximate surface area is 172 Å². The zero-order valence-electron chi connectivity index (χ0n) is 15.9. The molecule has 1 heterocycles. The van der Waals surface area contributed by atoms with Gasteiger partial charge < -0.3 is 19.9 Å². The molecular formula is C21H20N2O5S. The van der Waals surface area contributed by atoms with Gasteiger partial charge in [-0.05, 0) is 73.6 Å². The summed E-state index contributed by atoms with van der Waals surface area (Å²) in [6.45, 7) is 3.98. The lowest BCUT2D eigenvalue weighted by molar-refractivity contribution is -0.144. The van der Waals surface area contributed by atoms with E-state index >= 15 is 0 Å². The molecule has 2 aromatic carbocycles. The summed E-state index contributed by atoms with van der Waals surface area (Å²) in [5.74, 6) is -0.0391. The van der Waals surface area contributed by atoms with Crippen molar-refractivity contribution in [1.29, 1.82) is 0 Å². The zero-order valence-corrected chi connectivity index (χ0v) is 16.7. The number of carboxylic acids is 1. The molecule has 1 atom stereocenters. The smallest absolute Gasteiger partial charge is 0.344 e. The molecule has 8 heteroatoms. The standard InChI is InChI=1S/C21H20N2O5S/c1-3-27-16-10-6-15(7-11-16)22-21-23-19(24)18(29-21)12-14-4-8-17(9-5-14)28-13(2)20(25)26/h4-13H,3H2,1-2H3,(H,25,26)(H,22,23,24)/b18-12-/t13-/m0/s1. The zero-order chi connectivity index (χ0) is 20.8. The van der Waals surface area contributed by atoms with Crippen molar-refractivity contribution in [2.75, 3.05) is 6.61 Å². The molecule has 0 aromatic heterocycles. The Hall–Kier alpha value is -3.26. The van der Waals surface area contributed by atoms with E-state index in [4.69, 9.17) is 14.6 Å². The van der Waals surface area contributed by atoms with Crippen LogP contribution in [0.1, 0.15) is 19.4 Å². The third-order valence-electron chi connectivity index (χ3n) is 3.87. The van der Waals surface area contributed by atoms with Crippen LogP contribution in [0, 0.1) is 0 Å². The van der Waals surface area contributed by atoms with E-state index in [2.05, 4.69) is 10.3 Å². The van der Waals surface area contributed by atoms with Crippen molar-refractivity contribution in [1.82, 2.24) is 5.32 Å². The average Bonchev–Trinajstić information content (AvgIpc) is 3.04. The molecule has 2 aromatic rings. The molecule has 0 radical (unpaired) electrons. The summed E-state index contributed by atoms with van der Waals surface area (Å²) in [5.41, 5.74) is 1.51. The lowest BCUT2D eigenvalue weighted by atomic mass is 10.2. The summed E-state index contributed by atoms with van der Waals surface area (Å²) in [5, 5.41) is 12.1. The van der Waals surface area contributed by atoms with E-state index in [1.807, 2.05) is 31.2 Å². The predicted octanol–water partition coefficient (Wildman–Crippen LogP) is 3.83. The van der Waals surface area contributed by atoms with Gasteiger partial charge in [-0.2, -0.15) is 0 Å². The molecule has 1 saturated heterocycles. The Kier molecular flexibility index (Phi) is 6.56. The normalized spacial score (nSPS) is 17.2. The van der Waals surface area contributed by atoms with Crippen LogP contribution in [0.25, 0.3) is 6.08 Å². The lowest BCUT2D eigenvalue weighted by Crippen LogP contribution is -2.22. The van der Waals surface area contributed by atoms with Gasteiger partial charge in [0.1, 0.15) is 11.5 Å². The third kappa shape index (κ3) is 5.61. The molecule has 0 spiro atoms. The number of thioether (sulfide) groups is 1. The van der Waals surface area contributed by atoms with Crippen molar-refractivity contribution in [2.24, 2.45) is 4.99 Å². The maximum atomic E-state index is 12.2. The van der Waals surface area contributed by atoms with E-state index < -0.39 is 12.1 Å². The van der Waals surface area contributed by atoms with E-state index in [1.165, 1.54) is 18.7 Å². The number of amidine groups is 1. The number of nitrogens with one attached hydrogen (secondary N) is 1. The van der Waals surface area contributed by atoms with Crippen molar-refractivity contribution in [3.05, 3.63) is 59.0 Å². The van der Waals surface area contributed by atoms with Gasteiger partial charge in [-0.1, -0.05) is 12.1 Å². The van der Waals surface area contributed by atoms with E-state index in [1.54, 1.807) is 30.3 Å². The molecule has 1 amide bonds. The molecule has 0 aliphatic carbocycles. The van der Waals surface area contributed by atoms with Crippen molar-refractivity contribution in [3.8, 4) is 11.5 Å². The van der Waals surface area contributed by atoms with Crippen LogP contribution in [0.15, 0.2) is 58.4 Å². The van der Waals surface area contributed by atoms with Gasteiger partial charge in [-0.3, -0.25) is 4.79 Å². The van der Waals surface area contributed by atoms with Crippen molar-refractivity contribution < 1.29 is 24.2 Å². The molecule has 2 N–H and O–H groups in total. The lowest BCUT2D eigenvalue weighted by Gasteiger charge is -2.10. The van der Waals surface area contributed by atoms with Crippen LogP contribution in [-0.4, -0.2) is 34.9 Å². The molecule has 0 bridgehead atoms. The van der Waals surface area contributed by atoms with Gasteiger partial charge in [0.25, 0.3) is 5.91 Å². The number of hydrogen-bond acceptors (Lipinski definition) is 6. The second-order valence-corrected chi connectivity index (χ2v) is 7.11. The van der Waals surface area contributed by atoms with E-state index in [0.29, 0.717) is 28.1 Å². The number of carbonyl (C=O) groups excluding carboxylic acids is 1. The summed E-state index contributed by atoms with van der Waals surface area (Å²) >= 11 is 1.25. The first kappa shape index (κ1) is 20.5. The highest BCUT2D eigenvalue weighted by Gasteiger charge is 2.23. The number of carboxylic acid groups (broad SMARTS) is 1. The fourth-order valence-corrected chi connectivity index (χ4v) is 3.27. The van der Waals surface area contributed by atoms with Crippen LogP contribution in [0.4, 0.5) is 5.69 Å². The van der Waals surface area contributed by atoms with Gasteiger partial charge in [0.05, 0.1) is 17.2 Å². The van der Waals surface area contributed by atoms with Crippen molar-refractivity contribution >= 4 is 40.6 Å². The number of rotatable bonds is 7. The highest BCUT2D eigenvalue weighted by atomic mass is 32.2. The van der Waals surface area contributed by atoms with Crippen LogP contribution in [0.5, 0.6) is 11.5 Å².